The number of nitrogens with one attached hydrogen (secondary N) is 1. The second kappa shape index (κ2) is 5.63. The van der Waals surface area contributed by atoms with Gasteiger partial charge in [-0.1, -0.05) is 11.8 Å². The summed E-state index contributed by atoms with van der Waals surface area (Å²) in [6.45, 7) is 1.85. The first kappa shape index (κ1) is 12.6. The first-order valence-electron chi connectivity index (χ1n) is 5.24. The SMILES string of the molecule is COC(=O)c1ccc(CSc2n[nH]c(C)n2)nc1. The van der Waals surface area contributed by atoms with Crippen molar-refractivity contribution in [2.45, 2.75) is 17.8 Å². The smallest absolute Gasteiger partial charge is 0.339 e. The highest BCUT2D eigenvalue weighted by Crippen LogP contribution is 2.17. The number of methoxy groups -OCH3 is 1. The first-order valence-corrected chi connectivity index (χ1v) is 6.22. The molecular formula is C11H12N4O2S. The molecule has 0 aliphatic carbocycles. The van der Waals surface area contributed by atoms with E-state index in [0.29, 0.717) is 16.5 Å². The van der Waals surface area contributed by atoms with Crippen molar-refractivity contribution in [1.82, 2.24) is 20.2 Å². The molecule has 0 aliphatic rings. The van der Waals surface area contributed by atoms with Gasteiger partial charge in [-0.15, -0.1) is 5.10 Å². The van der Waals surface area contributed by atoms with Crippen LogP contribution in [0.15, 0.2) is 23.5 Å². The minimum Gasteiger partial charge on any atom is -0.465 e. The number of hydrogen-bond donors (Lipinski definition) is 1. The number of nitrogens with zero attached hydrogens (tertiary/aromatic N) is 3. The van der Waals surface area contributed by atoms with E-state index in [0.717, 1.165) is 11.5 Å². The number of rotatable bonds is 4. The van der Waals surface area contributed by atoms with E-state index in [2.05, 4.69) is 24.9 Å². The van der Waals surface area contributed by atoms with Gasteiger partial charge < -0.3 is 4.74 Å². The van der Waals surface area contributed by atoms with Gasteiger partial charge >= 0.3 is 5.97 Å². The third-order valence-corrected chi connectivity index (χ3v) is 3.05. The van der Waals surface area contributed by atoms with Crippen LogP contribution in [0.1, 0.15) is 21.9 Å². The van der Waals surface area contributed by atoms with Crippen LogP contribution >= 0.6 is 11.8 Å². The molecule has 0 atom stereocenters. The highest BCUT2D eigenvalue weighted by Gasteiger charge is 2.06. The molecule has 94 valence electrons. The van der Waals surface area contributed by atoms with Crippen molar-refractivity contribution < 1.29 is 9.53 Å². The van der Waals surface area contributed by atoms with E-state index in [1.807, 2.05) is 6.92 Å². The standard InChI is InChI=1S/C11H12N4O2S/c1-7-13-11(15-14-7)18-6-9-4-3-8(5-12-9)10(16)17-2/h3-5H,6H2,1-2H3,(H,13,14,15). The van der Waals surface area contributed by atoms with Crippen LogP contribution in [-0.4, -0.2) is 33.2 Å². The molecule has 2 heterocycles. The average Bonchev–Trinajstić information content (AvgIpc) is 2.82. The van der Waals surface area contributed by atoms with Crippen LogP contribution in [0.25, 0.3) is 0 Å². The molecule has 0 unspecified atom stereocenters. The van der Waals surface area contributed by atoms with Crippen molar-refractivity contribution in [2.75, 3.05) is 7.11 Å². The molecular weight excluding hydrogens is 252 g/mol. The maximum absolute atomic E-state index is 11.2. The van der Waals surface area contributed by atoms with Crippen LogP contribution in [0.2, 0.25) is 0 Å². The number of ether oxygens (including phenoxy) is 1. The van der Waals surface area contributed by atoms with Gasteiger partial charge in [0.15, 0.2) is 0 Å². The zero-order valence-corrected chi connectivity index (χ0v) is 10.8. The lowest BCUT2D eigenvalue weighted by molar-refractivity contribution is 0.0600. The summed E-state index contributed by atoms with van der Waals surface area (Å²) in [7, 11) is 1.34. The minimum atomic E-state index is -0.383. The van der Waals surface area contributed by atoms with Crippen LogP contribution in [0.4, 0.5) is 0 Å². The quantitative estimate of drug-likeness (QED) is 0.667. The minimum absolute atomic E-state index is 0.383. The molecule has 7 heteroatoms. The molecule has 0 bridgehead atoms. The summed E-state index contributed by atoms with van der Waals surface area (Å²) in [6.07, 6.45) is 1.50. The van der Waals surface area contributed by atoms with Crippen LogP contribution in [0.3, 0.4) is 0 Å². The topological polar surface area (TPSA) is 80.8 Å². The van der Waals surface area contributed by atoms with E-state index in [4.69, 9.17) is 0 Å². The van der Waals surface area contributed by atoms with Gasteiger partial charge in [0.2, 0.25) is 5.16 Å². The zero-order chi connectivity index (χ0) is 13.0. The molecule has 0 saturated heterocycles. The molecule has 0 aliphatic heterocycles. The predicted molar refractivity (Wildman–Crippen MR) is 66.3 cm³/mol. The predicted octanol–water partition coefficient (Wildman–Crippen LogP) is 1.59. The lowest BCUT2D eigenvalue weighted by Crippen LogP contribution is -2.02. The number of pyridine rings is 1. The van der Waals surface area contributed by atoms with E-state index in [1.165, 1.54) is 25.1 Å². The molecule has 18 heavy (non-hydrogen) atoms. The summed E-state index contributed by atoms with van der Waals surface area (Å²) in [4.78, 5) is 19.6. The van der Waals surface area contributed by atoms with Gasteiger partial charge in [-0.3, -0.25) is 10.1 Å². The summed E-state index contributed by atoms with van der Waals surface area (Å²) in [5.41, 5.74) is 1.30. The van der Waals surface area contributed by atoms with E-state index < -0.39 is 0 Å². The summed E-state index contributed by atoms with van der Waals surface area (Å²) >= 11 is 1.48. The van der Waals surface area contributed by atoms with E-state index >= 15 is 0 Å². The zero-order valence-electron chi connectivity index (χ0n) is 10.0. The van der Waals surface area contributed by atoms with Crippen LogP contribution in [0.5, 0.6) is 0 Å². The van der Waals surface area contributed by atoms with Gasteiger partial charge in [-0.05, 0) is 19.1 Å². The van der Waals surface area contributed by atoms with Crippen molar-refractivity contribution in [2.24, 2.45) is 0 Å². The molecule has 0 spiro atoms. The fraction of sp³-hybridized carbons (Fsp3) is 0.273. The number of aromatic nitrogens is 4. The molecule has 2 aromatic rings. The Balaban J connectivity index is 1.96. The number of hydrogen-bond acceptors (Lipinski definition) is 6. The Bertz CT molecular complexity index is 538. The van der Waals surface area contributed by atoms with Gasteiger partial charge in [0.05, 0.1) is 18.4 Å². The van der Waals surface area contributed by atoms with Crippen molar-refractivity contribution >= 4 is 17.7 Å². The van der Waals surface area contributed by atoms with Crippen molar-refractivity contribution in [3.05, 3.63) is 35.4 Å². The van der Waals surface area contributed by atoms with Crippen LogP contribution in [-0.2, 0) is 10.5 Å². The van der Waals surface area contributed by atoms with Gasteiger partial charge in [0.1, 0.15) is 5.82 Å². The van der Waals surface area contributed by atoms with Crippen LogP contribution in [0, 0.1) is 6.92 Å². The molecule has 6 nitrogen and oxygen atoms in total. The number of H-pyrrole nitrogens is 1. The fourth-order valence-corrected chi connectivity index (χ4v) is 2.03. The number of carbonyl (C=O) groups excluding carboxylic acids is 1. The highest BCUT2D eigenvalue weighted by atomic mass is 32.2. The Morgan fingerprint density at radius 3 is 2.89 bits per heavy atom. The second-order valence-electron chi connectivity index (χ2n) is 3.52. The molecule has 0 aromatic carbocycles. The molecule has 0 fully saturated rings. The maximum Gasteiger partial charge on any atom is 0.339 e. The second-order valence-corrected chi connectivity index (χ2v) is 4.46. The summed E-state index contributed by atoms with van der Waals surface area (Å²) in [6, 6.07) is 3.48. The largest absolute Gasteiger partial charge is 0.465 e. The van der Waals surface area contributed by atoms with Gasteiger partial charge in [0, 0.05) is 11.9 Å². The Hall–Kier alpha value is -1.89. The molecule has 2 aromatic heterocycles. The van der Waals surface area contributed by atoms with E-state index in [9.17, 15) is 4.79 Å². The third-order valence-electron chi connectivity index (χ3n) is 2.17. The summed E-state index contributed by atoms with van der Waals surface area (Å²) in [5, 5.41) is 7.47. The number of aryl methyl sites for hydroxylation is 1. The Kier molecular flexibility index (Phi) is 3.93. The monoisotopic (exact) mass is 264 g/mol. The third kappa shape index (κ3) is 3.07. The number of thioether (sulfide) groups is 1. The number of esters is 1. The first-order chi connectivity index (χ1) is 8.69. The van der Waals surface area contributed by atoms with Crippen molar-refractivity contribution in [3.63, 3.8) is 0 Å². The molecule has 1 N–H and O–H groups in total. The lowest BCUT2D eigenvalue weighted by Gasteiger charge is -2.00. The summed E-state index contributed by atoms with van der Waals surface area (Å²) < 4.78 is 4.60. The molecule has 0 saturated carbocycles. The van der Waals surface area contributed by atoms with Crippen LogP contribution < -0.4 is 0 Å². The fourth-order valence-electron chi connectivity index (χ4n) is 1.27. The highest BCUT2D eigenvalue weighted by molar-refractivity contribution is 7.98. The summed E-state index contributed by atoms with van der Waals surface area (Å²) in [5.74, 6) is 1.05. The van der Waals surface area contributed by atoms with Gasteiger partial charge in [-0.2, -0.15) is 0 Å². The lowest BCUT2D eigenvalue weighted by atomic mass is 10.2. The van der Waals surface area contributed by atoms with Crippen molar-refractivity contribution in [1.29, 1.82) is 0 Å². The average molecular weight is 264 g/mol. The Morgan fingerprint density at radius 2 is 2.33 bits per heavy atom. The maximum atomic E-state index is 11.2. The van der Waals surface area contributed by atoms with Gasteiger partial charge in [-0.25, -0.2) is 9.78 Å². The Morgan fingerprint density at radius 1 is 1.50 bits per heavy atom. The molecule has 0 radical (unpaired) electrons. The van der Waals surface area contributed by atoms with Gasteiger partial charge in [0.25, 0.3) is 0 Å². The Labute approximate surface area is 108 Å². The number of aromatic amines is 1. The molecule has 0 amide bonds. The normalized spacial score (nSPS) is 10.3. The van der Waals surface area contributed by atoms with E-state index in [1.54, 1.807) is 12.1 Å². The van der Waals surface area contributed by atoms with Crippen molar-refractivity contribution in [3.8, 4) is 0 Å². The number of carbonyl (C=O) groups is 1. The molecule has 2 rings (SSSR count). The van der Waals surface area contributed by atoms with E-state index in [-0.39, 0.29) is 5.97 Å².